The van der Waals surface area contributed by atoms with Gasteiger partial charge in [-0.1, -0.05) is 11.3 Å². The van der Waals surface area contributed by atoms with Crippen LogP contribution in [0.15, 0.2) is 12.4 Å². The lowest BCUT2D eigenvalue weighted by Gasteiger charge is -2.27. The SMILES string of the molecule is CCN(C)c1nc(N)c(C(=O)N2CCn3ccnc3C2)s1. The summed E-state index contributed by atoms with van der Waals surface area (Å²) in [6.45, 7) is 4.80. The Labute approximate surface area is 127 Å². The zero-order valence-corrected chi connectivity index (χ0v) is 12.9. The molecule has 21 heavy (non-hydrogen) atoms. The summed E-state index contributed by atoms with van der Waals surface area (Å²) in [5, 5.41) is 0.775. The summed E-state index contributed by atoms with van der Waals surface area (Å²) in [4.78, 5) is 25.5. The number of nitrogens with zero attached hydrogens (tertiary/aromatic N) is 5. The van der Waals surface area contributed by atoms with Gasteiger partial charge in [-0.25, -0.2) is 9.97 Å². The van der Waals surface area contributed by atoms with Crippen LogP contribution in [0.25, 0.3) is 0 Å². The number of carbonyl (C=O) groups excluding carboxylic acids is 1. The molecule has 1 aliphatic rings. The Morgan fingerprint density at radius 3 is 3.10 bits per heavy atom. The smallest absolute Gasteiger partial charge is 0.268 e. The molecule has 0 unspecified atom stereocenters. The van der Waals surface area contributed by atoms with E-state index in [9.17, 15) is 4.79 Å². The topological polar surface area (TPSA) is 80.3 Å². The molecule has 0 atom stereocenters. The molecule has 1 aliphatic heterocycles. The van der Waals surface area contributed by atoms with Crippen LogP contribution in [0, 0.1) is 0 Å². The average molecular weight is 306 g/mol. The fourth-order valence-electron chi connectivity index (χ4n) is 2.26. The molecule has 0 radical (unpaired) electrons. The molecule has 7 nitrogen and oxygen atoms in total. The lowest BCUT2D eigenvalue weighted by atomic mass is 10.3. The zero-order chi connectivity index (χ0) is 15.0. The van der Waals surface area contributed by atoms with Crippen molar-refractivity contribution in [3.05, 3.63) is 23.1 Å². The van der Waals surface area contributed by atoms with Crippen molar-refractivity contribution in [2.24, 2.45) is 0 Å². The zero-order valence-electron chi connectivity index (χ0n) is 12.1. The van der Waals surface area contributed by atoms with Crippen molar-refractivity contribution in [1.82, 2.24) is 19.4 Å². The summed E-state index contributed by atoms with van der Waals surface area (Å²) in [7, 11) is 1.93. The Hall–Kier alpha value is -2.09. The van der Waals surface area contributed by atoms with Gasteiger partial charge in [0, 0.05) is 39.1 Å². The number of nitrogens with two attached hydrogens (primary N) is 1. The number of fused-ring (bicyclic) bond motifs is 1. The summed E-state index contributed by atoms with van der Waals surface area (Å²) < 4.78 is 2.07. The largest absolute Gasteiger partial charge is 0.382 e. The Morgan fingerprint density at radius 2 is 2.33 bits per heavy atom. The van der Waals surface area contributed by atoms with E-state index < -0.39 is 0 Å². The van der Waals surface area contributed by atoms with Gasteiger partial charge in [0.2, 0.25) is 0 Å². The van der Waals surface area contributed by atoms with Crippen molar-refractivity contribution in [2.75, 3.05) is 30.8 Å². The van der Waals surface area contributed by atoms with Crippen molar-refractivity contribution in [3.63, 3.8) is 0 Å². The number of hydrogen-bond acceptors (Lipinski definition) is 6. The second-order valence-electron chi connectivity index (χ2n) is 4.99. The van der Waals surface area contributed by atoms with E-state index in [0.29, 0.717) is 23.8 Å². The maximum Gasteiger partial charge on any atom is 0.268 e. The molecule has 0 bridgehead atoms. The third-order valence-electron chi connectivity index (χ3n) is 3.67. The summed E-state index contributed by atoms with van der Waals surface area (Å²) in [5.41, 5.74) is 5.92. The molecular formula is C13H18N6OS. The van der Waals surface area contributed by atoms with E-state index in [-0.39, 0.29) is 5.91 Å². The molecule has 3 heterocycles. The molecule has 0 fully saturated rings. The third kappa shape index (κ3) is 2.46. The van der Waals surface area contributed by atoms with E-state index in [4.69, 9.17) is 5.73 Å². The first-order valence-electron chi connectivity index (χ1n) is 6.87. The van der Waals surface area contributed by atoms with Crippen molar-refractivity contribution in [3.8, 4) is 0 Å². The molecule has 2 aromatic rings. The van der Waals surface area contributed by atoms with Gasteiger partial charge in [-0.2, -0.15) is 0 Å². The second-order valence-corrected chi connectivity index (χ2v) is 5.97. The number of hydrogen-bond donors (Lipinski definition) is 1. The van der Waals surface area contributed by atoms with Gasteiger partial charge in [0.05, 0.1) is 6.54 Å². The molecule has 112 valence electrons. The molecule has 0 saturated carbocycles. The minimum atomic E-state index is -0.0602. The highest BCUT2D eigenvalue weighted by atomic mass is 32.1. The molecule has 8 heteroatoms. The number of anilines is 2. The molecule has 0 spiro atoms. The van der Waals surface area contributed by atoms with Gasteiger partial charge in [0.1, 0.15) is 16.5 Å². The fraction of sp³-hybridized carbons (Fsp3) is 0.462. The standard InChI is InChI=1S/C13H18N6OS/c1-3-17(2)13-16-11(14)10(21-13)12(20)19-7-6-18-5-4-15-9(18)8-19/h4-5H,3,6-8,14H2,1-2H3. The number of aromatic nitrogens is 3. The predicted octanol–water partition coefficient (Wildman–Crippen LogP) is 1.03. The van der Waals surface area contributed by atoms with E-state index in [1.807, 2.05) is 25.1 Å². The van der Waals surface area contributed by atoms with Gasteiger partial charge in [-0.05, 0) is 6.92 Å². The predicted molar refractivity (Wildman–Crippen MR) is 82.4 cm³/mol. The molecule has 2 aromatic heterocycles. The molecule has 0 aromatic carbocycles. The lowest BCUT2D eigenvalue weighted by molar-refractivity contribution is 0.0713. The number of rotatable bonds is 3. The maximum absolute atomic E-state index is 12.6. The first-order chi connectivity index (χ1) is 10.1. The van der Waals surface area contributed by atoms with E-state index >= 15 is 0 Å². The molecule has 0 aliphatic carbocycles. The minimum absolute atomic E-state index is 0.0602. The first-order valence-corrected chi connectivity index (χ1v) is 7.68. The summed E-state index contributed by atoms with van der Waals surface area (Å²) >= 11 is 1.35. The van der Waals surface area contributed by atoms with Crippen LogP contribution in [0.5, 0.6) is 0 Å². The van der Waals surface area contributed by atoms with Crippen LogP contribution in [-0.2, 0) is 13.1 Å². The van der Waals surface area contributed by atoms with E-state index in [0.717, 1.165) is 24.0 Å². The number of amides is 1. The fourth-order valence-corrected chi connectivity index (χ4v) is 3.24. The van der Waals surface area contributed by atoms with Gasteiger partial charge < -0.3 is 20.1 Å². The Balaban J connectivity index is 1.81. The summed E-state index contributed by atoms with van der Waals surface area (Å²) in [6, 6.07) is 0. The lowest BCUT2D eigenvalue weighted by Crippen LogP contribution is -2.38. The highest BCUT2D eigenvalue weighted by Gasteiger charge is 2.26. The second kappa shape index (κ2) is 5.36. The Morgan fingerprint density at radius 1 is 1.52 bits per heavy atom. The number of thiazole rings is 1. The molecule has 0 saturated heterocycles. The van der Waals surface area contributed by atoms with E-state index in [2.05, 4.69) is 14.5 Å². The van der Waals surface area contributed by atoms with Gasteiger partial charge in [-0.3, -0.25) is 4.79 Å². The van der Waals surface area contributed by atoms with Crippen molar-refractivity contribution < 1.29 is 4.79 Å². The van der Waals surface area contributed by atoms with Crippen molar-refractivity contribution in [2.45, 2.75) is 20.0 Å². The van der Waals surface area contributed by atoms with Crippen molar-refractivity contribution in [1.29, 1.82) is 0 Å². The summed E-state index contributed by atoms with van der Waals surface area (Å²) in [5.74, 6) is 1.16. The van der Waals surface area contributed by atoms with Crippen LogP contribution in [0.2, 0.25) is 0 Å². The first kappa shape index (κ1) is 13.9. The van der Waals surface area contributed by atoms with Gasteiger partial charge >= 0.3 is 0 Å². The summed E-state index contributed by atoms with van der Waals surface area (Å²) in [6.07, 6.45) is 3.70. The van der Waals surface area contributed by atoms with E-state index in [1.54, 1.807) is 11.1 Å². The quantitative estimate of drug-likeness (QED) is 0.916. The molecular weight excluding hydrogens is 288 g/mol. The monoisotopic (exact) mass is 306 g/mol. The molecule has 2 N–H and O–H groups in total. The van der Waals surface area contributed by atoms with Gasteiger partial charge in [0.15, 0.2) is 5.13 Å². The third-order valence-corrected chi connectivity index (χ3v) is 4.84. The highest BCUT2D eigenvalue weighted by Crippen LogP contribution is 2.29. The van der Waals surface area contributed by atoms with Crippen LogP contribution in [0.1, 0.15) is 22.4 Å². The molecule has 1 amide bonds. The molecule has 3 rings (SSSR count). The van der Waals surface area contributed by atoms with Crippen LogP contribution in [-0.4, -0.2) is 45.5 Å². The van der Waals surface area contributed by atoms with E-state index in [1.165, 1.54) is 11.3 Å². The minimum Gasteiger partial charge on any atom is -0.382 e. The maximum atomic E-state index is 12.6. The van der Waals surface area contributed by atoms with Crippen LogP contribution in [0.3, 0.4) is 0 Å². The van der Waals surface area contributed by atoms with Gasteiger partial charge in [0.25, 0.3) is 5.91 Å². The normalized spacial score (nSPS) is 14.1. The number of carbonyl (C=O) groups is 1. The van der Waals surface area contributed by atoms with Crippen LogP contribution >= 0.6 is 11.3 Å². The number of imidazole rings is 1. The van der Waals surface area contributed by atoms with Crippen molar-refractivity contribution >= 4 is 28.2 Å². The van der Waals surface area contributed by atoms with Crippen LogP contribution in [0.4, 0.5) is 10.9 Å². The average Bonchev–Trinajstić information content (AvgIpc) is 3.11. The van der Waals surface area contributed by atoms with Gasteiger partial charge in [-0.15, -0.1) is 0 Å². The van der Waals surface area contributed by atoms with Crippen LogP contribution < -0.4 is 10.6 Å². The Kier molecular flexibility index (Phi) is 3.54. The number of nitrogen functional groups attached to an aromatic ring is 1. The highest BCUT2D eigenvalue weighted by molar-refractivity contribution is 7.18. The Bertz CT molecular complexity index is 663.